The number of nitrogens with zero attached hydrogens (tertiary/aromatic N) is 1. The minimum atomic E-state index is -0.187. The predicted octanol–water partition coefficient (Wildman–Crippen LogP) is -1.22. The fraction of sp³-hybridized carbons (Fsp3) is 0.889. The zero-order valence-electron chi connectivity index (χ0n) is 8.66. The van der Waals surface area contributed by atoms with Gasteiger partial charge in [0.25, 0.3) is 0 Å². The van der Waals surface area contributed by atoms with E-state index in [2.05, 4.69) is 10.2 Å². The predicted molar refractivity (Wildman–Crippen MR) is 53.9 cm³/mol. The molecule has 0 bridgehead atoms. The van der Waals surface area contributed by atoms with Gasteiger partial charge in [0, 0.05) is 33.3 Å². The highest BCUT2D eigenvalue weighted by Crippen LogP contribution is 2.03. The molecule has 0 radical (unpaired) electrons. The molecular formula is C9H19N3O2. The first kappa shape index (κ1) is 11.4. The normalized spacial score (nSPS) is 24.4. The maximum atomic E-state index is 11.5. The highest BCUT2D eigenvalue weighted by Gasteiger charge is 2.25. The van der Waals surface area contributed by atoms with Crippen molar-refractivity contribution in [3.63, 3.8) is 0 Å². The summed E-state index contributed by atoms with van der Waals surface area (Å²) >= 11 is 0. The molecule has 1 unspecified atom stereocenters. The van der Waals surface area contributed by atoms with Crippen molar-refractivity contribution < 1.29 is 9.53 Å². The first-order valence-corrected chi connectivity index (χ1v) is 5.00. The maximum absolute atomic E-state index is 11.5. The van der Waals surface area contributed by atoms with Crippen LogP contribution >= 0.6 is 0 Å². The fourth-order valence-electron chi connectivity index (χ4n) is 1.67. The molecule has 1 amide bonds. The lowest BCUT2D eigenvalue weighted by atomic mass is 10.2. The number of nitrogens with two attached hydrogens (primary N) is 1. The van der Waals surface area contributed by atoms with Gasteiger partial charge in [0.05, 0.1) is 6.61 Å². The molecule has 0 aromatic heterocycles. The van der Waals surface area contributed by atoms with Gasteiger partial charge in [-0.25, -0.2) is 0 Å². The van der Waals surface area contributed by atoms with E-state index < -0.39 is 0 Å². The first-order valence-electron chi connectivity index (χ1n) is 5.00. The van der Waals surface area contributed by atoms with Crippen LogP contribution in [0.5, 0.6) is 0 Å². The molecular weight excluding hydrogens is 182 g/mol. The van der Waals surface area contributed by atoms with Crippen LogP contribution in [0.2, 0.25) is 0 Å². The number of rotatable bonds is 4. The zero-order chi connectivity index (χ0) is 10.4. The Morgan fingerprint density at radius 2 is 2.50 bits per heavy atom. The van der Waals surface area contributed by atoms with E-state index in [4.69, 9.17) is 10.5 Å². The van der Waals surface area contributed by atoms with Gasteiger partial charge in [0.1, 0.15) is 6.04 Å². The van der Waals surface area contributed by atoms with E-state index in [1.165, 1.54) is 0 Å². The molecule has 3 N–H and O–H groups in total. The van der Waals surface area contributed by atoms with Crippen LogP contribution in [0.1, 0.15) is 6.42 Å². The summed E-state index contributed by atoms with van der Waals surface area (Å²) in [7, 11) is 1.66. The number of hydrogen-bond acceptors (Lipinski definition) is 4. The molecule has 0 aliphatic carbocycles. The van der Waals surface area contributed by atoms with Crippen LogP contribution in [-0.2, 0) is 9.53 Å². The van der Waals surface area contributed by atoms with Crippen molar-refractivity contribution in [2.75, 3.05) is 39.9 Å². The lowest BCUT2D eigenvalue weighted by molar-refractivity contribution is -0.125. The Balaban J connectivity index is 2.53. The average Bonchev–Trinajstić information content (AvgIpc) is 2.36. The van der Waals surface area contributed by atoms with Gasteiger partial charge >= 0.3 is 0 Å². The van der Waals surface area contributed by atoms with Crippen molar-refractivity contribution >= 4 is 5.91 Å². The molecule has 5 nitrogen and oxygen atoms in total. The van der Waals surface area contributed by atoms with E-state index in [0.29, 0.717) is 13.2 Å². The third kappa shape index (κ3) is 2.94. The molecule has 1 aliphatic rings. The Labute approximate surface area is 84.6 Å². The summed E-state index contributed by atoms with van der Waals surface area (Å²) in [6.07, 6.45) is 0.978. The molecule has 14 heavy (non-hydrogen) atoms. The van der Waals surface area contributed by atoms with E-state index in [1.54, 1.807) is 7.11 Å². The highest BCUT2D eigenvalue weighted by atomic mass is 16.5. The summed E-state index contributed by atoms with van der Waals surface area (Å²) in [5.41, 5.74) is 5.58. The first-order chi connectivity index (χ1) is 6.79. The number of ether oxygens (including phenoxy) is 1. The van der Waals surface area contributed by atoms with Gasteiger partial charge in [-0.2, -0.15) is 0 Å². The standard InChI is InChI=1S/C9H19N3O2/c1-14-6-5-12-4-2-3-11-9(13)8(12)7-10/h8H,2-7,10H2,1H3,(H,11,13). The van der Waals surface area contributed by atoms with Gasteiger partial charge in [0.15, 0.2) is 0 Å². The lowest BCUT2D eigenvalue weighted by Crippen LogP contribution is -2.49. The number of methoxy groups -OCH3 is 1. The van der Waals surface area contributed by atoms with Crippen molar-refractivity contribution in [1.82, 2.24) is 10.2 Å². The molecule has 0 aromatic carbocycles. The minimum Gasteiger partial charge on any atom is -0.383 e. The van der Waals surface area contributed by atoms with Crippen LogP contribution in [0, 0.1) is 0 Å². The van der Waals surface area contributed by atoms with Crippen molar-refractivity contribution in [2.24, 2.45) is 5.73 Å². The number of nitrogens with one attached hydrogen (secondary N) is 1. The van der Waals surface area contributed by atoms with Gasteiger partial charge in [0.2, 0.25) is 5.91 Å². The van der Waals surface area contributed by atoms with Gasteiger partial charge < -0.3 is 15.8 Å². The summed E-state index contributed by atoms with van der Waals surface area (Å²) in [5, 5.41) is 2.85. The molecule has 0 spiro atoms. The Bertz CT molecular complexity index is 187. The second-order valence-corrected chi connectivity index (χ2v) is 3.42. The molecule has 1 heterocycles. The second-order valence-electron chi connectivity index (χ2n) is 3.42. The molecule has 1 fully saturated rings. The van der Waals surface area contributed by atoms with Crippen molar-refractivity contribution in [3.05, 3.63) is 0 Å². The zero-order valence-corrected chi connectivity index (χ0v) is 8.66. The van der Waals surface area contributed by atoms with E-state index in [-0.39, 0.29) is 11.9 Å². The summed E-state index contributed by atoms with van der Waals surface area (Å²) in [6.45, 7) is 3.44. The molecule has 5 heteroatoms. The smallest absolute Gasteiger partial charge is 0.238 e. The second kappa shape index (κ2) is 5.95. The number of carbonyl (C=O) groups is 1. The van der Waals surface area contributed by atoms with E-state index in [1.807, 2.05) is 0 Å². The van der Waals surface area contributed by atoms with Gasteiger partial charge in [-0.05, 0) is 6.42 Å². The van der Waals surface area contributed by atoms with E-state index >= 15 is 0 Å². The van der Waals surface area contributed by atoms with Crippen LogP contribution in [0.4, 0.5) is 0 Å². The number of hydrogen-bond donors (Lipinski definition) is 2. The van der Waals surface area contributed by atoms with Crippen molar-refractivity contribution in [2.45, 2.75) is 12.5 Å². The minimum absolute atomic E-state index is 0.0427. The molecule has 82 valence electrons. The molecule has 1 rings (SSSR count). The van der Waals surface area contributed by atoms with Crippen molar-refractivity contribution in [1.29, 1.82) is 0 Å². The largest absolute Gasteiger partial charge is 0.383 e. The van der Waals surface area contributed by atoms with Crippen LogP contribution in [0.25, 0.3) is 0 Å². The number of carbonyl (C=O) groups excluding carboxylic acids is 1. The third-order valence-corrected chi connectivity index (χ3v) is 2.47. The fourth-order valence-corrected chi connectivity index (χ4v) is 1.67. The molecule has 1 saturated heterocycles. The summed E-state index contributed by atoms with van der Waals surface area (Å²) in [4.78, 5) is 13.6. The van der Waals surface area contributed by atoms with Crippen LogP contribution in [0.15, 0.2) is 0 Å². The van der Waals surface area contributed by atoms with E-state index in [0.717, 1.165) is 26.1 Å². The van der Waals surface area contributed by atoms with Gasteiger partial charge in [-0.15, -0.1) is 0 Å². The topological polar surface area (TPSA) is 67.6 Å². The van der Waals surface area contributed by atoms with Crippen LogP contribution in [-0.4, -0.2) is 56.7 Å². The summed E-state index contributed by atoms with van der Waals surface area (Å²) in [5.74, 6) is 0.0427. The van der Waals surface area contributed by atoms with Crippen LogP contribution in [0.3, 0.4) is 0 Å². The summed E-state index contributed by atoms with van der Waals surface area (Å²) < 4.78 is 5.00. The highest BCUT2D eigenvalue weighted by molar-refractivity contribution is 5.82. The van der Waals surface area contributed by atoms with Gasteiger partial charge in [-0.1, -0.05) is 0 Å². The van der Waals surface area contributed by atoms with Gasteiger partial charge in [-0.3, -0.25) is 9.69 Å². The number of amides is 1. The Hall–Kier alpha value is -0.650. The SMILES string of the molecule is COCCN1CCCNC(=O)C1CN. The quantitative estimate of drug-likeness (QED) is 0.598. The Morgan fingerprint density at radius 1 is 1.71 bits per heavy atom. The molecule has 1 atom stereocenters. The third-order valence-electron chi connectivity index (χ3n) is 2.47. The molecule has 0 saturated carbocycles. The van der Waals surface area contributed by atoms with Crippen molar-refractivity contribution in [3.8, 4) is 0 Å². The monoisotopic (exact) mass is 201 g/mol. The average molecular weight is 201 g/mol. The Morgan fingerprint density at radius 3 is 3.14 bits per heavy atom. The van der Waals surface area contributed by atoms with Crippen LogP contribution < -0.4 is 11.1 Å². The Kier molecular flexibility index (Phi) is 4.86. The van der Waals surface area contributed by atoms with E-state index in [9.17, 15) is 4.79 Å². The molecule has 0 aromatic rings. The summed E-state index contributed by atoms with van der Waals surface area (Å²) in [6, 6.07) is -0.187. The lowest BCUT2D eigenvalue weighted by Gasteiger charge is -2.26. The molecule has 1 aliphatic heterocycles. The maximum Gasteiger partial charge on any atom is 0.238 e.